The Labute approximate surface area is 107 Å². The highest BCUT2D eigenvalue weighted by atomic mass is 35.5. The van der Waals surface area contributed by atoms with E-state index in [0.29, 0.717) is 11.2 Å². The first kappa shape index (κ1) is 13.8. The smallest absolute Gasteiger partial charge is 0.131 e. The monoisotopic (exact) mass is 263 g/mol. The molecule has 2 atom stereocenters. The first-order chi connectivity index (χ1) is 7.41. The summed E-state index contributed by atoms with van der Waals surface area (Å²) in [5, 5.41) is 8.56. The molecule has 5 heteroatoms. The van der Waals surface area contributed by atoms with Crippen molar-refractivity contribution in [3.8, 4) is 0 Å². The van der Waals surface area contributed by atoms with E-state index in [1.807, 2.05) is 20.9 Å². The highest BCUT2D eigenvalue weighted by molar-refractivity contribution is 6.30. The molecule has 0 fully saturated rings. The van der Waals surface area contributed by atoms with Crippen LogP contribution in [0, 0.1) is 6.92 Å². The van der Waals surface area contributed by atoms with Crippen LogP contribution in [0.15, 0.2) is 0 Å². The average Bonchev–Trinajstić information content (AvgIpc) is 2.38. The molecular weight excluding hydrogens is 245 g/mol. The van der Waals surface area contributed by atoms with Gasteiger partial charge >= 0.3 is 0 Å². The summed E-state index contributed by atoms with van der Waals surface area (Å²) in [7, 11) is 1.85. The van der Waals surface area contributed by atoms with Gasteiger partial charge in [-0.2, -0.15) is 5.10 Å². The highest BCUT2D eigenvalue weighted by Crippen LogP contribution is 2.18. The number of rotatable bonds is 5. The molecular formula is C11H19Cl2N3. The molecule has 1 aromatic rings. The number of hydrogen-bond acceptors (Lipinski definition) is 2. The van der Waals surface area contributed by atoms with E-state index < -0.39 is 0 Å². The fourth-order valence-electron chi connectivity index (χ4n) is 1.72. The van der Waals surface area contributed by atoms with Crippen molar-refractivity contribution in [2.24, 2.45) is 7.05 Å². The van der Waals surface area contributed by atoms with Gasteiger partial charge in [0.1, 0.15) is 5.15 Å². The zero-order valence-corrected chi connectivity index (χ0v) is 11.7. The molecule has 0 saturated heterocycles. The number of halogens is 2. The van der Waals surface area contributed by atoms with Gasteiger partial charge in [0.25, 0.3) is 0 Å². The van der Waals surface area contributed by atoms with E-state index in [-0.39, 0.29) is 5.38 Å². The topological polar surface area (TPSA) is 29.9 Å². The van der Waals surface area contributed by atoms with Crippen LogP contribution in [0.5, 0.6) is 0 Å². The molecule has 1 heterocycles. The van der Waals surface area contributed by atoms with Crippen molar-refractivity contribution >= 4 is 23.2 Å². The third-order valence-corrected chi connectivity index (χ3v) is 3.23. The van der Waals surface area contributed by atoms with Gasteiger partial charge in [0, 0.05) is 30.6 Å². The Balaban J connectivity index is 2.54. The Kier molecular flexibility index (Phi) is 5.09. The molecule has 0 aliphatic heterocycles. The van der Waals surface area contributed by atoms with E-state index in [1.54, 1.807) is 4.68 Å². The van der Waals surface area contributed by atoms with Crippen LogP contribution in [0.1, 0.15) is 31.5 Å². The standard InChI is InChI=1S/C11H19Cl2N3/c1-7(12)5-8(2)14-6-10-9(3)15-16(4)11(10)13/h7-8,14H,5-6H2,1-4H3. The van der Waals surface area contributed by atoms with E-state index in [0.717, 1.165) is 24.2 Å². The fraction of sp³-hybridized carbons (Fsp3) is 0.727. The lowest BCUT2D eigenvalue weighted by Crippen LogP contribution is -2.27. The van der Waals surface area contributed by atoms with E-state index in [1.165, 1.54) is 0 Å². The Morgan fingerprint density at radius 1 is 1.44 bits per heavy atom. The normalized spacial score (nSPS) is 15.1. The molecule has 16 heavy (non-hydrogen) atoms. The SMILES string of the molecule is Cc1nn(C)c(Cl)c1CNC(C)CC(C)Cl. The van der Waals surface area contributed by atoms with Crippen LogP contribution < -0.4 is 5.32 Å². The number of alkyl halides is 1. The Bertz CT molecular complexity index is 347. The van der Waals surface area contributed by atoms with Crippen molar-refractivity contribution in [2.45, 2.75) is 45.2 Å². The number of aryl methyl sites for hydroxylation is 2. The van der Waals surface area contributed by atoms with Crippen LogP contribution in [0.4, 0.5) is 0 Å². The molecule has 0 bridgehead atoms. The number of nitrogens with one attached hydrogen (secondary N) is 1. The second-order valence-corrected chi connectivity index (χ2v) is 5.38. The highest BCUT2D eigenvalue weighted by Gasteiger charge is 2.12. The number of nitrogens with zero attached hydrogens (tertiary/aromatic N) is 2. The maximum atomic E-state index is 6.14. The second kappa shape index (κ2) is 5.89. The predicted octanol–water partition coefficient (Wildman–Crippen LogP) is 2.88. The Morgan fingerprint density at radius 2 is 2.06 bits per heavy atom. The molecule has 0 spiro atoms. The lowest BCUT2D eigenvalue weighted by atomic mass is 10.2. The Hall–Kier alpha value is -0.250. The van der Waals surface area contributed by atoms with Gasteiger partial charge in [0.05, 0.1) is 5.69 Å². The minimum atomic E-state index is 0.188. The molecule has 0 aliphatic rings. The summed E-state index contributed by atoms with van der Waals surface area (Å²) < 4.78 is 1.70. The van der Waals surface area contributed by atoms with Gasteiger partial charge in [-0.25, -0.2) is 0 Å². The van der Waals surface area contributed by atoms with E-state index in [4.69, 9.17) is 23.2 Å². The van der Waals surface area contributed by atoms with Crippen molar-refractivity contribution in [2.75, 3.05) is 0 Å². The molecule has 2 unspecified atom stereocenters. The quantitative estimate of drug-likeness (QED) is 0.829. The van der Waals surface area contributed by atoms with Crippen molar-refractivity contribution < 1.29 is 0 Å². The summed E-state index contributed by atoms with van der Waals surface area (Å²) in [5.41, 5.74) is 2.05. The van der Waals surface area contributed by atoms with Crippen LogP contribution in [-0.4, -0.2) is 21.2 Å². The van der Waals surface area contributed by atoms with Crippen molar-refractivity contribution in [1.82, 2.24) is 15.1 Å². The van der Waals surface area contributed by atoms with E-state index in [9.17, 15) is 0 Å². The van der Waals surface area contributed by atoms with Gasteiger partial charge in [-0.1, -0.05) is 11.6 Å². The van der Waals surface area contributed by atoms with E-state index in [2.05, 4.69) is 17.3 Å². The number of aromatic nitrogens is 2. The molecule has 3 nitrogen and oxygen atoms in total. The van der Waals surface area contributed by atoms with Crippen LogP contribution in [-0.2, 0) is 13.6 Å². The molecule has 92 valence electrons. The molecule has 0 aliphatic carbocycles. The molecule has 1 rings (SSSR count). The molecule has 0 amide bonds. The van der Waals surface area contributed by atoms with Crippen LogP contribution in [0.25, 0.3) is 0 Å². The summed E-state index contributed by atoms with van der Waals surface area (Å²) in [5.74, 6) is 0. The summed E-state index contributed by atoms with van der Waals surface area (Å²) >= 11 is 12.1. The summed E-state index contributed by atoms with van der Waals surface area (Å²) in [6, 6.07) is 0.378. The molecule has 1 N–H and O–H groups in total. The molecule has 0 saturated carbocycles. The lowest BCUT2D eigenvalue weighted by Gasteiger charge is -2.14. The first-order valence-electron chi connectivity index (χ1n) is 5.47. The van der Waals surface area contributed by atoms with Gasteiger partial charge in [-0.3, -0.25) is 4.68 Å². The third-order valence-electron chi connectivity index (χ3n) is 2.58. The summed E-state index contributed by atoms with van der Waals surface area (Å²) in [4.78, 5) is 0. The molecule has 0 aromatic carbocycles. The van der Waals surface area contributed by atoms with E-state index >= 15 is 0 Å². The van der Waals surface area contributed by atoms with Gasteiger partial charge in [-0.05, 0) is 27.2 Å². The van der Waals surface area contributed by atoms with Crippen molar-refractivity contribution in [3.63, 3.8) is 0 Å². The zero-order chi connectivity index (χ0) is 12.3. The Morgan fingerprint density at radius 3 is 2.50 bits per heavy atom. The third kappa shape index (κ3) is 3.65. The minimum absolute atomic E-state index is 0.188. The molecule has 1 aromatic heterocycles. The summed E-state index contributed by atoms with van der Waals surface area (Å²) in [6.07, 6.45) is 0.943. The largest absolute Gasteiger partial charge is 0.310 e. The average molecular weight is 264 g/mol. The fourth-order valence-corrected chi connectivity index (χ4v) is 2.23. The van der Waals surface area contributed by atoms with Gasteiger partial charge in [-0.15, -0.1) is 11.6 Å². The lowest BCUT2D eigenvalue weighted by molar-refractivity contribution is 0.510. The van der Waals surface area contributed by atoms with Crippen LogP contribution in [0.2, 0.25) is 5.15 Å². The van der Waals surface area contributed by atoms with Gasteiger partial charge in [0.2, 0.25) is 0 Å². The van der Waals surface area contributed by atoms with Gasteiger partial charge < -0.3 is 5.32 Å². The maximum Gasteiger partial charge on any atom is 0.131 e. The van der Waals surface area contributed by atoms with Crippen LogP contribution >= 0.6 is 23.2 Å². The van der Waals surface area contributed by atoms with Crippen molar-refractivity contribution in [3.05, 3.63) is 16.4 Å². The minimum Gasteiger partial charge on any atom is -0.310 e. The maximum absolute atomic E-state index is 6.14. The predicted molar refractivity (Wildman–Crippen MR) is 69.2 cm³/mol. The van der Waals surface area contributed by atoms with Crippen LogP contribution in [0.3, 0.4) is 0 Å². The first-order valence-corrected chi connectivity index (χ1v) is 6.28. The second-order valence-electron chi connectivity index (χ2n) is 4.28. The number of hydrogen-bond donors (Lipinski definition) is 1. The summed E-state index contributed by atoms with van der Waals surface area (Å²) in [6.45, 7) is 6.83. The van der Waals surface area contributed by atoms with Crippen molar-refractivity contribution in [1.29, 1.82) is 0 Å². The zero-order valence-electron chi connectivity index (χ0n) is 10.2. The van der Waals surface area contributed by atoms with Gasteiger partial charge in [0.15, 0.2) is 0 Å². The molecule has 0 radical (unpaired) electrons.